The van der Waals surface area contributed by atoms with Gasteiger partial charge >= 0.3 is 6.18 Å². The first-order valence-electron chi connectivity index (χ1n) is 8.99. The Morgan fingerprint density at radius 3 is 2.42 bits per heavy atom. The number of alkyl halides is 3. The van der Waals surface area contributed by atoms with Crippen molar-refractivity contribution in [3.63, 3.8) is 0 Å². The fraction of sp³-hybridized carbons (Fsp3) is 0.611. The lowest BCUT2D eigenvalue weighted by Gasteiger charge is -2.31. The second-order valence-electron chi connectivity index (χ2n) is 6.71. The number of hydrogen-bond acceptors (Lipinski definition) is 4. The fourth-order valence-corrected chi connectivity index (χ4v) is 3.38. The van der Waals surface area contributed by atoms with Gasteiger partial charge in [0.05, 0.1) is 36.7 Å². The van der Waals surface area contributed by atoms with E-state index in [1.54, 1.807) is 0 Å². The number of benzene rings is 1. The molecule has 2 heterocycles. The van der Waals surface area contributed by atoms with Crippen LogP contribution in [0.3, 0.4) is 0 Å². The number of amides is 1. The first-order chi connectivity index (χ1) is 12.4. The summed E-state index contributed by atoms with van der Waals surface area (Å²) >= 11 is 0. The van der Waals surface area contributed by atoms with Crippen LogP contribution in [0.4, 0.5) is 24.5 Å². The molecule has 1 aromatic carbocycles. The minimum absolute atomic E-state index is 0.152. The number of rotatable bonds is 4. The average Bonchev–Trinajstić information content (AvgIpc) is 2.62. The molecule has 1 N–H and O–H groups in total. The van der Waals surface area contributed by atoms with Gasteiger partial charge in [0, 0.05) is 26.2 Å². The van der Waals surface area contributed by atoms with Crippen molar-refractivity contribution in [3.8, 4) is 0 Å². The van der Waals surface area contributed by atoms with Gasteiger partial charge in [0.25, 0.3) is 0 Å². The Hall–Kier alpha value is -1.80. The van der Waals surface area contributed by atoms with E-state index in [-0.39, 0.29) is 18.1 Å². The highest BCUT2D eigenvalue weighted by atomic mass is 19.4. The summed E-state index contributed by atoms with van der Waals surface area (Å²) in [5.74, 6) is -0.301. The summed E-state index contributed by atoms with van der Waals surface area (Å²) in [6.45, 7) is 4.16. The van der Waals surface area contributed by atoms with Crippen LogP contribution in [-0.4, -0.2) is 56.7 Å². The third kappa shape index (κ3) is 4.88. The number of carbonyl (C=O) groups is 1. The van der Waals surface area contributed by atoms with Crippen molar-refractivity contribution in [2.24, 2.45) is 0 Å². The van der Waals surface area contributed by atoms with E-state index in [1.165, 1.54) is 6.07 Å². The number of ether oxygens (including phenoxy) is 1. The first-order valence-corrected chi connectivity index (χ1v) is 8.99. The van der Waals surface area contributed by atoms with Crippen LogP contribution < -0.4 is 10.2 Å². The zero-order chi connectivity index (χ0) is 18.6. The molecule has 0 bridgehead atoms. The molecule has 0 spiro atoms. The fourth-order valence-electron chi connectivity index (χ4n) is 3.38. The number of piperidine rings is 1. The van der Waals surface area contributed by atoms with Crippen molar-refractivity contribution in [1.29, 1.82) is 0 Å². The maximum Gasteiger partial charge on any atom is 0.416 e. The number of nitrogens with one attached hydrogen (secondary N) is 1. The Morgan fingerprint density at radius 2 is 1.77 bits per heavy atom. The average molecular weight is 371 g/mol. The third-order valence-electron chi connectivity index (χ3n) is 4.77. The predicted octanol–water partition coefficient (Wildman–Crippen LogP) is 2.97. The maximum absolute atomic E-state index is 13.1. The topological polar surface area (TPSA) is 44.8 Å². The van der Waals surface area contributed by atoms with Gasteiger partial charge in [-0.15, -0.1) is 0 Å². The van der Waals surface area contributed by atoms with Gasteiger partial charge in [0.15, 0.2) is 0 Å². The number of carbonyl (C=O) groups excluding carboxylic acids is 1. The van der Waals surface area contributed by atoms with Crippen LogP contribution in [-0.2, 0) is 15.7 Å². The quantitative estimate of drug-likeness (QED) is 0.884. The highest BCUT2D eigenvalue weighted by Gasteiger charge is 2.32. The number of nitrogens with zero attached hydrogens (tertiary/aromatic N) is 2. The zero-order valence-electron chi connectivity index (χ0n) is 14.6. The van der Waals surface area contributed by atoms with Crippen LogP contribution in [0.5, 0.6) is 0 Å². The molecule has 0 aromatic heterocycles. The van der Waals surface area contributed by atoms with Gasteiger partial charge in [-0.2, -0.15) is 13.2 Å². The van der Waals surface area contributed by atoms with Crippen LogP contribution in [0.2, 0.25) is 0 Å². The number of anilines is 2. The van der Waals surface area contributed by atoms with E-state index < -0.39 is 11.7 Å². The highest BCUT2D eigenvalue weighted by Crippen LogP contribution is 2.36. The minimum atomic E-state index is -4.44. The van der Waals surface area contributed by atoms with Crippen LogP contribution in [0.25, 0.3) is 0 Å². The van der Waals surface area contributed by atoms with Gasteiger partial charge in [-0.1, -0.05) is 0 Å². The molecule has 3 rings (SSSR count). The molecule has 8 heteroatoms. The van der Waals surface area contributed by atoms with Crippen molar-refractivity contribution in [1.82, 2.24) is 4.90 Å². The molecule has 0 atom stereocenters. The second-order valence-corrected chi connectivity index (χ2v) is 6.71. The van der Waals surface area contributed by atoms with E-state index in [0.29, 0.717) is 32.0 Å². The van der Waals surface area contributed by atoms with Crippen molar-refractivity contribution >= 4 is 17.3 Å². The van der Waals surface area contributed by atoms with Gasteiger partial charge in [-0.3, -0.25) is 9.69 Å². The van der Waals surface area contributed by atoms with Crippen LogP contribution in [0.15, 0.2) is 18.2 Å². The predicted molar refractivity (Wildman–Crippen MR) is 93.4 cm³/mol. The largest absolute Gasteiger partial charge is 0.416 e. The molecular formula is C18H24F3N3O2. The van der Waals surface area contributed by atoms with Crippen molar-refractivity contribution < 1.29 is 22.7 Å². The second kappa shape index (κ2) is 8.26. The Balaban J connectivity index is 1.78. The van der Waals surface area contributed by atoms with Crippen LogP contribution >= 0.6 is 0 Å². The standard InChI is InChI=1S/C18H24F3N3O2/c19-18(20,21)14-4-5-16(24-6-2-1-3-7-24)15(12-14)22-17(25)13-23-8-10-26-11-9-23/h4-5,12H,1-3,6-11,13H2,(H,22,25). The first kappa shape index (κ1) is 19.0. The molecule has 2 aliphatic rings. The Bertz CT molecular complexity index is 625. The molecule has 26 heavy (non-hydrogen) atoms. The summed E-state index contributed by atoms with van der Waals surface area (Å²) in [6.07, 6.45) is -1.32. The Morgan fingerprint density at radius 1 is 1.08 bits per heavy atom. The van der Waals surface area contributed by atoms with Gasteiger partial charge in [0.1, 0.15) is 0 Å². The Labute approximate surface area is 151 Å². The summed E-state index contributed by atoms with van der Waals surface area (Å²) in [6, 6.07) is 3.60. The van der Waals surface area contributed by atoms with E-state index in [2.05, 4.69) is 5.32 Å². The van der Waals surface area contributed by atoms with E-state index in [0.717, 1.165) is 44.5 Å². The highest BCUT2D eigenvalue weighted by molar-refractivity contribution is 5.95. The summed E-state index contributed by atoms with van der Waals surface area (Å²) in [5.41, 5.74) is 0.146. The molecule has 1 amide bonds. The smallest absolute Gasteiger partial charge is 0.379 e. The molecule has 0 radical (unpaired) electrons. The molecule has 0 saturated carbocycles. The van der Waals surface area contributed by atoms with Gasteiger partial charge < -0.3 is 15.0 Å². The van der Waals surface area contributed by atoms with Gasteiger partial charge in [-0.05, 0) is 37.5 Å². The van der Waals surface area contributed by atoms with Gasteiger partial charge in [-0.25, -0.2) is 0 Å². The van der Waals surface area contributed by atoms with E-state index >= 15 is 0 Å². The number of morpholine rings is 1. The summed E-state index contributed by atoms with van der Waals surface area (Å²) in [5, 5.41) is 2.70. The summed E-state index contributed by atoms with van der Waals surface area (Å²) in [7, 11) is 0. The molecule has 0 unspecified atom stereocenters. The van der Waals surface area contributed by atoms with E-state index in [1.807, 2.05) is 9.80 Å². The lowest BCUT2D eigenvalue weighted by Crippen LogP contribution is -2.41. The normalized spacial score (nSPS) is 19.4. The minimum Gasteiger partial charge on any atom is -0.379 e. The molecular weight excluding hydrogens is 347 g/mol. The lowest BCUT2D eigenvalue weighted by molar-refractivity contribution is -0.137. The maximum atomic E-state index is 13.1. The zero-order valence-corrected chi connectivity index (χ0v) is 14.6. The SMILES string of the molecule is O=C(CN1CCOCC1)Nc1cc(C(F)(F)F)ccc1N1CCCCC1. The monoisotopic (exact) mass is 371 g/mol. The van der Waals surface area contributed by atoms with E-state index in [4.69, 9.17) is 4.74 Å². The van der Waals surface area contributed by atoms with Gasteiger partial charge in [0.2, 0.25) is 5.91 Å². The molecule has 0 aliphatic carbocycles. The number of halogens is 3. The van der Waals surface area contributed by atoms with Crippen molar-refractivity contribution in [2.75, 3.05) is 56.2 Å². The molecule has 1 aromatic rings. The summed E-state index contributed by atoms with van der Waals surface area (Å²) in [4.78, 5) is 16.4. The molecule has 2 aliphatic heterocycles. The Kier molecular flexibility index (Phi) is 6.03. The van der Waals surface area contributed by atoms with Crippen molar-refractivity contribution in [2.45, 2.75) is 25.4 Å². The summed E-state index contributed by atoms with van der Waals surface area (Å²) < 4.78 is 44.6. The van der Waals surface area contributed by atoms with Crippen LogP contribution in [0.1, 0.15) is 24.8 Å². The van der Waals surface area contributed by atoms with E-state index in [9.17, 15) is 18.0 Å². The molecule has 5 nitrogen and oxygen atoms in total. The number of hydrogen-bond donors (Lipinski definition) is 1. The van der Waals surface area contributed by atoms with Crippen LogP contribution in [0, 0.1) is 0 Å². The lowest BCUT2D eigenvalue weighted by atomic mass is 10.1. The molecule has 144 valence electrons. The third-order valence-corrected chi connectivity index (χ3v) is 4.77. The molecule has 2 saturated heterocycles. The molecule has 2 fully saturated rings. The van der Waals surface area contributed by atoms with Crippen molar-refractivity contribution in [3.05, 3.63) is 23.8 Å².